The number of ketones is 1. The van der Waals surface area contributed by atoms with E-state index >= 15 is 0 Å². The number of rotatable bonds is 8. The summed E-state index contributed by atoms with van der Waals surface area (Å²) in [6.07, 6.45) is -5.65. The molecule has 0 bridgehead atoms. The predicted octanol–water partition coefficient (Wildman–Crippen LogP) is 4.61. The predicted molar refractivity (Wildman–Crippen MR) is 126 cm³/mol. The van der Waals surface area contributed by atoms with Crippen LogP contribution in [0.25, 0.3) is 0 Å². The molecular weight excluding hydrogens is 534 g/mol. The molecule has 0 saturated heterocycles. The summed E-state index contributed by atoms with van der Waals surface area (Å²) in [4.78, 5) is 39.0. The minimum Gasteiger partial charge on any atom is -0.392 e. The Labute approximate surface area is 218 Å². The summed E-state index contributed by atoms with van der Waals surface area (Å²) in [5, 5.41) is 10.2. The summed E-state index contributed by atoms with van der Waals surface area (Å²) in [6, 6.07) is 1.88. The van der Waals surface area contributed by atoms with Gasteiger partial charge in [-0.15, -0.1) is 0 Å². The minimum atomic E-state index is -5.01. The lowest BCUT2D eigenvalue weighted by molar-refractivity contribution is -0.140. The Kier molecular flexibility index (Phi) is 7.68. The average molecular weight is 558 g/mol. The highest BCUT2D eigenvalue weighted by atomic mass is 19.4. The van der Waals surface area contributed by atoms with Crippen molar-refractivity contribution in [2.24, 2.45) is 12.2 Å². The zero-order valence-electron chi connectivity index (χ0n) is 21.1. The second-order valence-corrected chi connectivity index (χ2v) is 9.14. The third-order valence-corrected chi connectivity index (χ3v) is 6.47. The molecule has 1 aliphatic carbocycles. The van der Waals surface area contributed by atoms with E-state index in [2.05, 4.69) is 21.1 Å². The van der Waals surface area contributed by atoms with Gasteiger partial charge in [0.25, 0.3) is 23.5 Å². The van der Waals surface area contributed by atoms with E-state index in [1.54, 1.807) is 0 Å². The molecule has 0 spiro atoms. The quantitative estimate of drug-likeness (QED) is 0.163. The van der Waals surface area contributed by atoms with Crippen LogP contribution in [0, 0.1) is 25.2 Å². The van der Waals surface area contributed by atoms with Crippen LogP contribution in [0.15, 0.2) is 35.2 Å². The summed E-state index contributed by atoms with van der Waals surface area (Å²) in [7, 11) is 2.81. The number of carbonyl (C=O) groups is 3. The van der Waals surface area contributed by atoms with Gasteiger partial charge in [0.2, 0.25) is 0 Å². The summed E-state index contributed by atoms with van der Waals surface area (Å²) in [6.45, 7) is 2.73. The number of nitrogens with zero attached hydrogens (tertiary/aromatic N) is 2. The van der Waals surface area contributed by atoms with Crippen molar-refractivity contribution >= 4 is 23.3 Å². The number of aromatic nitrogens is 1. The summed E-state index contributed by atoms with van der Waals surface area (Å²) in [5.74, 6) is -8.08. The average Bonchev–Trinajstić information content (AvgIpc) is 3.03. The number of nitrogens with one attached hydrogen (secondary N) is 4. The molecule has 2 aromatic rings. The van der Waals surface area contributed by atoms with Crippen LogP contribution in [0.1, 0.15) is 50.5 Å². The van der Waals surface area contributed by atoms with Gasteiger partial charge in [0.15, 0.2) is 0 Å². The van der Waals surface area contributed by atoms with E-state index in [1.165, 1.54) is 32.5 Å². The first-order chi connectivity index (χ1) is 18.0. The van der Waals surface area contributed by atoms with Crippen molar-refractivity contribution in [1.29, 1.82) is 5.53 Å². The topological polar surface area (TPSA) is 128 Å². The third-order valence-electron chi connectivity index (χ3n) is 6.47. The molecule has 3 rings (SSSR count). The van der Waals surface area contributed by atoms with E-state index in [9.17, 15) is 40.7 Å². The maximum atomic E-state index is 13.8. The van der Waals surface area contributed by atoms with Crippen LogP contribution in [-0.2, 0) is 18.0 Å². The lowest BCUT2D eigenvalue weighted by Crippen LogP contribution is -2.64. The highest BCUT2D eigenvalue weighted by Crippen LogP contribution is 2.49. The van der Waals surface area contributed by atoms with E-state index in [4.69, 9.17) is 5.53 Å². The molecule has 1 saturated carbocycles. The minimum absolute atomic E-state index is 0.00466. The van der Waals surface area contributed by atoms with Gasteiger partial charge in [-0.25, -0.2) is 18.7 Å². The van der Waals surface area contributed by atoms with Gasteiger partial charge in [0.05, 0.1) is 16.7 Å². The molecule has 210 valence electrons. The lowest BCUT2D eigenvalue weighted by Gasteiger charge is -2.47. The van der Waals surface area contributed by atoms with Gasteiger partial charge in [-0.05, 0) is 37.6 Å². The van der Waals surface area contributed by atoms with Crippen molar-refractivity contribution in [2.45, 2.75) is 44.3 Å². The molecule has 39 heavy (non-hydrogen) atoms. The Morgan fingerprint density at radius 1 is 1.15 bits per heavy atom. The van der Waals surface area contributed by atoms with Crippen LogP contribution in [0.5, 0.6) is 0 Å². The van der Waals surface area contributed by atoms with Crippen LogP contribution in [0.2, 0.25) is 0 Å². The molecule has 1 aliphatic rings. The first kappa shape index (κ1) is 29.4. The maximum absolute atomic E-state index is 13.8. The van der Waals surface area contributed by atoms with Crippen molar-refractivity contribution < 1.29 is 40.7 Å². The number of anilines is 1. The number of hydrogen-bond acceptors (Lipinski definition) is 6. The fourth-order valence-corrected chi connectivity index (χ4v) is 4.61. The molecule has 0 radical (unpaired) electrons. The smallest absolute Gasteiger partial charge is 0.392 e. The van der Waals surface area contributed by atoms with Gasteiger partial charge in [-0.2, -0.15) is 18.3 Å². The zero-order valence-corrected chi connectivity index (χ0v) is 21.1. The van der Waals surface area contributed by atoms with Gasteiger partial charge >= 0.3 is 6.18 Å². The van der Waals surface area contributed by atoms with Gasteiger partial charge in [-0.1, -0.05) is 0 Å². The van der Waals surface area contributed by atoms with Crippen LogP contribution < -0.4 is 16.0 Å². The van der Waals surface area contributed by atoms with Crippen molar-refractivity contribution in [3.05, 3.63) is 64.0 Å². The zero-order chi connectivity index (χ0) is 29.5. The van der Waals surface area contributed by atoms with Crippen molar-refractivity contribution in [1.82, 2.24) is 15.2 Å². The molecule has 9 nitrogen and oxygen atoms in total. The monoisotopic (exact) mass is 558 g/mol. The van der Waals surface area contributed by atoms with Gasteiger partial charge in [0, 0.05) is 44.5 Å². The number of benzene rings is 1. The normalized spacial score (nSPS) is 16.2. The fraction of sp³-hybridized carbons (Fsp3) is 0.375. The van der Waals surface area contributed by atoms with Crippen LogP contribution in [-0.4, -0.2) is 40.7 Å². The molecule has 4 N–H and O–H groups in total. The number of Topliss-reactive ketones (excluding diaryl/α,β-unsaturated/α-hetero) is 1. The highest BCUT2D eigenvalue weighted by Gasteiger charge is 2.60. The van der Waals surface area contributed by atoms with Gasteiger partial charge in [-0.3, -0.25) is 14.4 Å². The Morgan fingerprint density at radius 2 is 1.77 bits per heavy atom. The summed E-state index contributed by atoms with van der Waals surface area (Å²) < 4.78 is 81.6. The van der Waals surface area contributed by atoms with E-state index in [0.717, 1.165) is 12.3 Å². The molecule has 0 atom stereocenters. The Bertz CT molecular complexity index is 1390. The van der Waals surface area contributed by atoms with Crippen LogP contribution >= 0.6 is 0 Å². The number of halogens is 6. The van der Waals surface area contributed by atoms with Crippen molar-refractivity contribution in [3.63, 3.8) is 0 Å². The van der Waals surface area contributed by atoms with E-state index in [1.807, 2.05) is 0 Å². The molecule has 1 aromatic heterocycles. The Balaban J connectivity index is 1.91. The number of carbonyl (C=O) groups excluding carboxylic acids is 3. The summed E-state index contributed by atoms with van der Waals surface area (Å²) in [5.41, 5.74) is 3.07. The first-order valence-corrected chi connectivity index (χ1v) is 11.3. The maximum Gasteiger partial charge on any atom is 0.419 e. The Hall–Kier alpha value is -4.17. The third kappa shape index (κ3) is 5.52. The second-order valence-electron chi connectivity index (χ2n) is 9.14. The van der Waals surface area contributed by atoms with E-state index in [0.29, 0.717) is 12.1 Å². The fourth-order valence-electron chi connectivity index (χ4n) is 4.61. The highest BCUT2D eigenvalue weighted by molar-refractivity contribution is 6.44. The van der Waals surface area contributed by atoms with E-state index in [-0.39, 0.29) is 33.9 Å². The first-order valence-electron chi connectivity index (χ1n) is 11.3. The number of hydrogen-bond donors (Lipinski definition) is 4. The van der Waals surface area contributed by atoms with Crippen LogP contribution in [0.3, 0.4) is 0 Å². The van der Waals surface area contributed by atoms with E-state index < -0.39 is 59.5 Å². The SMILES string of the molecule is CN/C=C(\N=N)C1(NC(=O)C(=O)c2c(C)c(C(=O)Nc3ccc(F)c(C(F)(F)F)c3)n(C)c2C)CC(F)(F)C1. The molecule has 15 heteroatoms. The largest absolute Gasteiger partial charge is 0.419 e. The summed E-state index contributed by atoms with van der Waals surface area (Å²) >= 11 is 0. The second kappa shape index (κ2) is 10.2. The van der Waals surface area contributed by atoms with Crippen LogP contribution in [0.4, 0.5) is 32.0 Å². The molecule has 0 unspecified atom stereocenters. The molecule has 1 aromatic carbocycles. The number of alkyl halides is 5. The number of amides is 2. The van der Waals surface area contributed by atoms with Crippen molar-refractivity contribution in [3.8, 4) is 0 Å². The molecule has 2 amide bonds. The van der Waals surface area contributed by atoms with Gasteiger partial charge < -0.3 is 20.5 Å². The standard InChI is InChI=1S/C24H24F6N6O3/c1-11-17(19(37)21(39)34-22(9-23(26,27)10-22)16(35-31)8-32-3)12(2)36(4)18(11)20(38)33-13-5-6-15(25)14(7-13)24(28,29)30/h5-8,31-32H,9-10H2,1-4H3,(H,33,38)(H,34,39)/b16-8-,35-31?. The molecule has 1 heterocycles. The lowest BCUT2D eigenvalue weighted by atomic mass is 9.71. The molecule has 1 fully saturated rings. The van der Waals surface area contributed by atoms with Gasteiger partial charge in [0.1, 0.15) is 17.2 Å². The Morgan fingerprint density at radius 3 is 2.28 bits per heavy atom. The molecular formula is C24H24F6N6O3. The van der Waals surface area contributed by atoms with Crippen molar-refractivity contribution in [2.75, 3.05) is 12.4 Å². The molecule has 0 aliphatic heterocycles.